The lowest BCUT2D eigenvalue weighted by Gasteiger charge is -2.32. The summed E-state index contributed by atoms with van der Waals surface area (Å²) in [6, 6.07) is 0. The van der Waals surface area contributed by atoms with Crippen LogP contribution in [0.15, 0.2) is 0 Å². The summed E-state index contributed by atoms with van der Waals surface area (Å²) in [5, 5.41) is 2.99. The first-order valence-corrected chi connectivity index (χ1v) is 7.81. The van der Waals surface area contributed by atoms with E-state index in [0.29, 0.717) is 13.2 Å². The van der Waals surface area contributed by atoms with Crippen molar-refractivity contribution in [2.75, 3.05) is 33.8 Å². The van der Waals surface area contributed by atoms with Crippen molar-refractivity contribution in [3.63, 3.8) is 0 Å². The molecule has 1 saturated carbocycles. The SMILES string of the molecule is CCOC(CCN(C)C)CNC(=O)C1(N)CCCCC1.Cl.Cl. The van der Waals surface area contributed by atoms with Crippen LogP contribution >= 0.6 is 24.8 Å². The number of nitrogens with two attached hydrogens (primary N) is 1. The molecule has 0 radical (unpaired) electrons. The first-order valence-electron chi connectivity index (χ1n) is 7.81. The molecule has 0 aromatic carbocycles. The zero-order chi connectivity index (χ0) is 15.0. The number of nitrogens with zero attached hydrogens (tertiary/aromatic N) is 1. The molecule has 0 bridgehead atoms. The third-order valence-corrected chi connectivity index (χ3v) is 3.99. The smallest absolute Gasteiger partial charge is 0.240 e. The Morgan fingerprint density at radius 3 is 2.36 bits per heavy atom. The molecular formula is C15H33Cl2N3O2. The highest BCUT2D eigenvalue weighted by Gasteiger charge is 2.35. The largest absolute Gasteiger partial charge is 0.377 e. The van der Waals surface area contributed by atoms with Gasteiger partial charge >= 0.3 is 0 Å². The van der Waals surface area contributed by atoms with Crippen LogP contribution in [0.1, 0.15) is 45.4 Å². The molecule has 1 unspecified atom stereocenters. The predicted octanol–water partition coefficient (Wildman–Crippen LogP) is 1.96. The van der Waals surface area contributed by atoms with Crippen LogP contribution in [-0.4, -0.2) is 56.2 Å². The minimum absolute atomic E-state index is 0. The van der Waals surface area contributed by atoms with Crippen molar-refractivity contribution >= 4 is 30.7 Å². The average Bonchev–Trinajstić information content (AvgIpc) is 2.42. The molecule has 0 heterocycles. The first-order chi connectivity index (χ1) is 9.48. The van der Waals surface area contributed by atoms with Crippen LogP contribution in [0.5, 0.6) is 0 Å². The lowest BCUT2D eigenvalue weighted by atomic mass is 9.82. The minimum Gasteiger partial charge on any atom is -0.377 e. The number of carbonyl (C=O) groups is 1. The van der Waals surface area contributed by atoms with Gasteiger partial charge in [-0.15, -0.1) is 24.8 Å². The van der Waals surface area contributed by atoms with E-state index >= 15 is 0 Å². The molecule has 1 aliphatic carbocycles. The Morgan fingerprint density at radius 1 is 1.27 bits per heavy atom. The Morgan fingerprint density at radius 2 is 1.86 bits per heavy atom. The van der Waals surface area contributed by atoms with E-state index in [1.54, 1.807) is 0 Å². The Hall–Kier alpha value is -0.0700. The maximum atomic E-state index is 12.3. The molecule has 1 rings (SSSR count). The number of hydrogen-bond acceptors (Lipinski definition) is 4. The van der Waals surface area contributed by atoms with Crippen molar-refractivity contribution < 1.29 is 9.53 Å². The van der Waals surface area contributed by atoms with Gasteiger partial charge in [-0.3, -0.25) is 4.79 Å². The summed E-state index contributed by atoms with van der Waals surface area (Å²) in [6.07, 6.45) is 5.89. The second kappa shape index (κ2) is 12.4. The normalized spacial score (nSPS) is 18.0. The molecule has 0 saturated heterocycles. The fraction of sp³-hybridized carbons (Fsp3) is 0.933. The van der Waals surface area contributed by atoms with E-state index in [1.807, 2.05) is 21.0 Å². The third-order valence-electron chi connectivity index (χ3n) is 3.99. The number of ether oxygens (including phenoxy) is 1. The van der Waals surface area contributed by atoms with Crippen molar-refractivity contribution in [3.8, 4) is 0 Å². The van der Waals surface area contributed by atoms with Crippen LogP contribution in [0.4, 0.5) is 0 Å². The van der Waals surface area contributed by atoms with Crippen molar-refractivity contribution in [1.29, 1.82) is 0 Å². The summed E-state index contributed by atoms with van der Waals surface area (Å²) in [5.41, 5.74) is 5.57. The maximum Gasteiger partial charge on any atom is 0.240 e. The van der Waals surface area contributed by atoms with Gasteiger partial charge in [-0.1, -0.05) is 19.3 Å². The van der Waals surface area contributed by atoms with Gasteiger partial charge in [-0.05, 0) is 40.3 Å². The van der Waals surface area contributed by atoms with Gasteiger partial charge in [0.15, 0.2) is 0 Å². The number of rotatable bonds is 8. The van der Waals surface area contributed by atoms with Crippen LogP contribution in [0.3, 0.4) is 0 Å². The maximum absolute atomic E-state index is 12.3. The number of halogens is 2. The first kappa shape index (κ1) is 24.2. The lowest BCUT2D eigenvalue weighted by molar-refractivity contribution is -0.128. The van der Waals surface area contributed by atoms with Gasteiger partial charge in [-0.2, -0.15) is 0 Å². The summed E-state index contributed by atoms with van der Waals surface area (Å²) < 4.78 is 5.68. The number of hydrogen-bond donors (Lipinski definition) is 2. The van der Waals surface area contributed by atoms with E-state index in [9.17, 15) is 4.79 Å². The molecule has 22 heavy (non-hydrogen) atoms. The molecule has 0 aromatic heterocycles. The fourth-order valence-electron chi connectivity index (χ4n) is 2.67. The van der Waals surface area contributed by atoms with E-state index in [2.05, 4.69) is 10.2 Å². The summed E-state index contributed by atoms with van der Waals surface area (Å²) in [5.74, 6) is -0.00763. The molecule has 1 fully saturated rings. The van der Waals surface area contributed by atoms with Crippen LogP contribution < -0.4 is 11.1 Å². The van der Waals surface area contributed by atoms with Gasteiger partial charge in [-0.25, -0.2) is 0 Å². The summed E-state index contributed by atoms with van der Waals surface area (Å²) >= 11 is 0. The highest BCUT2D eigenvalue weighted by atomic mass is 35.5. The van der Waals surface area contributed by atoms with Crippen LogP contribution in [0, 0.1) is 0 Å². The third kappa shape index (κ3) is 8.53. The second-order valence-electron chi connectivity index (χ2n) is 6.10. The zero-order valence-electron chi connectivity index (χ0n) is 14.1. The van der Waals surface area contributed by atoms with E-state index in [0.717, 1.165) is 38.6 Å². The molecule has 1 atom stereocenters. The van der Waals surface area contributed by atoms with Gasteiger partial charge in [0.2, 0.25) is 5.91 Å². The Bertz CT molecular complexity index is 299. The van der Waals surface area contributed by atoms with E-state index in [1.165, 1.54) is 6.42 Å². The Balaban J connectivity index is 0. The molecule has 0 aliphatic heterocycles. The molecule has 134 valence electrons. The Labute approximate surface area is 147 Å². The minimum atomic E-state index is -0.656. The quantitative estimate of drug-likeness (QED) is 0.696. The molecule has 5 nitrogen and oxygen atoms in total. The molecule has 1 aliphatic rings. The Kier molecular flexibility index (Phi) is 13.6. The number of carbonyl (C=O) groups excluding carboxylic acids is 1. The monoisotopic (exact) mass is 357 g/mol. The predicted molar refractivity (Wildman–Crippen MR) is 96.1 cm³/mol. The molecule has 0 aromatic rings. The highest BCUT2D eigenvalue weighted by molar-refractivity contribution is 5.86. The molecule has 3 N–H and O–H groups in total. The zero-order valence-corrected chi connectivity index (χ0v) is 15.7. The fourth-order valence-corrected chi connectivity index (χ4v) is 2.67. The van der Waals surface area contributed by atoms with Crippen molar-refractivity contribution in [2.24, 2.45) is 5.73 Å². The summed E-state index contributed by atoms with van der Waals surface area (Å²) in [4.78, 5) is 14.4. The van der Waals surface area contributed by atoms with Gasteiger partial charge < -0.3 is 20.7 Å². The van der Waals surface area contributed by atoms with Crippen molar-refractivity contribution in [3.05, 3.63) is 0 Å². The number of amides is 1. The molecule has 1 amide bonds. The van der Waals surface area contributed by atoms with E-state index < -0.39 is 5.54 Å². The summed E-state index contributed by atoms with van der Waals surface area (Å²) in [6.45, 7) is 4.16. The second-order valence-corrected chi connectivity index (χ2v) is 6.10. The van der Waals surface area contributed by atoms with Crippen LogP contribution in [0.2, 0.25) is 0 Å². The molecule has 0 spiro atoms. The lowest BCUT2D eigenvalue weighted by Crippen LogP contribution is -2.56. The van der Waals surface area contributed by atoms with Crippen LogP contribution in [0.25, 0.3) is 0 Å². The highest BCUT2D eigenvalue weighted by Crippen LogP contribution is 2.25. The topological polar surface area (TPSA) is 67.6 Å². The van der Waals surface area contributed by atoms with E-state index in [-0.39, 0.29) is 36.8 Å². The van der Waals surface area contributed by atoms with Gasteiger partial charge in [0, 0.05) is 19.7 Å². The standard InChI is InChI=1S/C15H31N3O2.2ClH/c1-4-20-13(8-11-18(2)3)12-17-14(19)15(16)9-6-5-7-10-15;;/h13H,4-12,16H2,1-3H3,(H,17,19);2*1H. The van der Waals surface area contributed by atoms with Gasteiger partial charge in [0.25, 0.3) is 0 Å². The average molecular weight is 358 g/mol. The molecular weight excluding hydrogens is 325 g/mol. The van der Waals surface area contributed by atoms with E-state index in [4.69, 9.17) is 10.5 Å². The van der Waals surface area contributed by atoms with Gasteiger partial charge in [0.1, 0.15) is 0 Å². The van der Waals surface area contributed by atoms with Crippen LogP contribution in [-0.2, 0) is 9.53 Å². The molecule has 7 heteroatoms. The summed E-state index contributed by atoms with van der Waals surface area (Å²) in [7, 11) is 4.08. The van der Waals surface area contributed by atoms with Crippen molar-refractivity contribution in [2.45, 2.75) is 57.1 Å². The van der Waals surface area contributed by atoms with Crippen molar-refractivity contribution in [1.82, 2.24) is 10.2 Å². The van der Waals surface area contributed by atoms with Gasteiger partial charge in [0.05, 0.1) is 11.6 Å². The number of nitrogens with one attached hydrogen (secondary N) is 1.